The first kappa shape index (κ1) is 11.5. The Hall–Kier alpha value is -1.59. The Morgan fingerprint density at radius 3 is 2.61 bits per heavy atom. The number of benzene rings is 2. The van der Waals surface area contributed by atoms with E-state index < -0.39 is 6.09 Å². The van der Waals surface area contributed by atoms with Gasteiger partial charge in [0.05, 0.1) is 11.4 Å². The zero-order valence-corrected chi connectivity index (χ0v) is 10.9. The Kier molecular flexibility index (Phi) is 2.72. The normalized spacial score (nSPS) is 12.8. The molecule has 3 nitrogen and oxygen atoms in total. The van der Waals surface area contributed by atoms with Gasteiger partial charge in [-0.25, -0.2) is 9.69 Å². The minimum absolute atomic E-state index is 0.684. The third-order valence-electron chi connectivity index (χ3n) is 2.70. The van der Waals surface area contributed by atoms with Crippen LogP contribution in [0.3, 0.4) is 0 Å². The lowest BCUT2D eigenvalue weighted by molar-refractivity contribution is 0.204. The molecule has 2 aromatic carbocycles. The van der Waals surface area contributed by atoms with Gasteiger partial charge in [0.2, 0.25) is 0 Å². The van der Waals surface area contributed by atoms with Gasteiger partial charge in [0.15, 0.2) is 0 Å². The quantitative estimate of drug-likeness (QED) is 0.706. The SMILES string of the molecule is O=C(O)N1c2ccccc2Sc2cc(S)ccc21. The maximum atomic E-state index is 11.5. The molecule has 1 aliphatic heterocycles. The molecule has 5 heteroatoms. The highest BCUT2D eigenvalue weighted by Gasteiger charge is 2.27. The number of thiol groups is 1. The third-order valence-corrected chi connectivity index (χ3v) is 4.09. The third kappa shape index (κ3) is 1.76. The molecule has 90 valence electrons. The Labute approximate surface area is 114 Å². The van der Waals surface area contributed by atoms with Crippen molar-refractivity contribution >= 4 is 41.9 Å². The second-order valence-electron chi connectivity index (χ2n) is 3.84. The lowest BCUT2D eigenvalue weighted by Crippen LogP contribution is -2.26. The van der Waals surface area contributed by atoms with Crippen LogP contribution in [0.4, 0.5) is 16.2 Å². The molecule has 0 spiro atoms. The summed E-state index contributed by atoms with van der Waals surface area (Å²) < 4.78 is 0. The molecule has 1 aliphatic rings. The molecule has 1 N–H and O–H groups in total. The molecular formula is C13H9NO2S2. The van der Waals surface area contributed by atoms with Crippen LogP contribution in [0.1, 0.15) is 0 Å². The monoisotopic (exact) mass is 275 g/mol. The van der Waals surface area contributed by atoms with Gasteiger partial charge in [-0.2, -0.15) is 0 Å². The van der Waals surface area contributed by atoms with E-state index in [1.165, 1.54) is 4.90 Å². The van der Waals surface area contributed by atoms with Gasteiger partial charge in [-0.1, -0.05) is 23.9 Å². The van der Waals surface area contributed by atoms with E-state index in [9.17, 15) is 9.90 Å². The minimum Gasteiger partial charge on any atom is -0.464 e. The van der Waals surface area contributed by atoms with Crippen molar-refractivity contribution in [3.05, 3.63) is 42.5 Å². The highest BCUT2D eigenvalue weighted by atomic mass is 32.2. The van der Waals surface area contributed by atoms with E-state index in [1.807, 2.05) is 30.3 Å². The van der Waals surface area contributed by atoms with Crippen molar-refractivity contribution in [1.82, 2.24) is 0 Å². The molecule has 1 amide bonds. The van der Waals surface area contributed by atoms with Crippen molar-refractivity contribution in [2.75, 3.05) is 4.90 Å². The number of anilines is 2. The number of hydrogen-bond donors (Lipinski definition) is 2. The first-order chi connectivity index (χ1) is 8.66. The van der Waals surface area contributed by atoms with Gasteiger partial charge in [0.1, 0.15) is 0 Å². The molecule has 0 saturated carbocycles. The van der Waals surface area contributed by atoms with Gasteiger partial charge in [-0.15, -0.1) is 12.6 Å². The number of nitrogens with zero attached hydrogens (tertiary/aromatic N) is 1. The number of hydrogen-bond acceptors (Lipinski definition) is 3. The van der Waals surface area contributed by atoms with Gasteiger partial charge in [-0.3, -0.25) is 0 Å². The summed E-state index contributed by atoms with van der Waals surface area (Å²) in [5.74, 6) is 0. The maximum absolute atomic E-state index is 11.5. The Bertz CT molecular complexity index is 643. The van der Waals surface area contributed by atoms with Crippen molar-refractivity contribution in [1.29, 1.82) is 0 Å². The molecular weight excluding hydrogens is 266 g/mol. The van der Waals surface area contributed by atoms with Crippen molar-refractivity contribution in [2.24, 2.45) is 0 Å². The van der Waals surface area contributed by atoms with E-state index in [0.29, 0.717) is 11.4 Å². The summed E-state index contributed by atoms with van der Waals surface area (Å²) in [5, 5.41) is 9.40. The molecule has 0 bridgehead atoms. The predicted molar refractivity (Wildman–Crippen MR) is 74.4 cm³/mol. The maximum Gasteiger partial charge on any atom is 0.416 e. The molecule has 2 aromatic rings. The summed E-state index contributed by atoms with van der Waals surface area (Å²) in [6.45, 7) is 0. The summed E-state index contributed by atoms with van der Waals surface area (Å²) in [6.07, 6.45) is -0.976. The summed E-state index contributed by atoms with van der Waals surface area (Å²) >= 11 is 5.85. The number of para-hydroxylation sites is 1. The number of carbonyl (C=O) groups is 1. The molecule has 0 aliphatic carbocycles. The summed E-state index contributed by atoms with van der Waals surface area (Å²) in [6, 6.07) is 12.9. The second kappa shape index (κ2) is 4.26. The minimum atomic E-state index is -0.976. The Balaban J connectivity index is 2.23. The van der Waals surface area contributed by atoms with E-state index >= 15 is 0 Å². The van der Waals surface area contributed by atoms with Gasteiger partial charge >= 0.3 is 6.09 Å². The smallest absolute Gasteiger partial charge is 0.416 e. The second-order valence-corrected chi connectivity index (χ2v) is 5.44. The topological polar surface area (TPSA) is 40.5 Å². The average Bonchev–Trinajstić information content (AvgIpc) is 2.35. The van der Waals surface area contributed by atoms with Gasteiger partial charge in [0.25, 0.3) is 0 Å². The standard InChI is InChI=1S/C13H9NO2S2/c15-13(16)14-9-3-1-2-4-11(9)18-12-7-8(17)5-6-10(12)14/h1-7,17H,(H,15,16). The number of fused-ring (bicyclic) bond motifs is 2. The number of rotatable bonds is 0. The van der Waals surface area contributed by atoms with Crippen LogP contribution in [0.15, 0.2) is 57.2 Å². The van der Waals surface area contributed by atoms with E-state index in [0.717, 1.165) is 14.7 Å². The van der Waals surface area contributed by atoms with Crippen molar-refractivity contribution < 1.29 is 9.90 Å². The van der Waals surface area contributed by atoms with Crippen LogP contribution in [-0.4, -0.2) is 11.2 Å². The Morgan fingerprint density at radius 1 is 1.11 bits per heavy atom. The van der Waals surface area contributed by atoms with Crippen molar-refractivity contribution in [3.63, 3.8) is 0 Å². The lowest BCUT2D eigenvalue weighted by Gasteiger charge is -2.28. The van der Waals surface area contributed by atoms with Gasteiger partial charge in [0, 0.05) is 14.7 Å². The Morgan fingerprint density at radius 2 is 1.83 bits per heavy atom. The van der Waals surface area contributed by atoms with Crippen LogP contribution in [0.5, 0.6) is 0 Å². The highest BCUT2D eigenvalue weighted by molar-refractivity contribution is 7.99. The summed E-state index contributed by atoms with van der Waals surface area (Å²) in [5.41, 5.74) is 1.39. The van der Waals surface area contributed by atoms with Crippen LogP contribution >= 0.6 is 24.4 Å². The molecule has 0 unspecified atom stereocenters. The molecule has 1 heterocycles. The highest BCUT2D eigenvalue weighted by Crippen LogP contribution is 2.48. The molecule has 0 radical (unpaired) electrons. The summed E-state index contributed by atoms with van der Waals surface area (Å²) in [4.78, 5) is 15.4. The molecule has 3 rings (SSSR count). The van der Waals surface area contributed by atoms with E-state index in [1.54, 1.807) is 23.9 Å². The molecule has 18 heavy (non-hydrogen) atoms. The fourth-order valence-electron chi connectivity index (χ4n) is 1.95. The molecule has 0 fully saturated rings. The average molecular weight is 275 g/mol. The van der Waals surface area contributed by atoms with Crippen LogP contribution < -0.4 is 4.90 Å². The molecule has 0 aromatic heterocycles. The molecule has 0 saturated heterocycles. The van der Waals surface area contributed by atoms with Gasteiger partial charge in [-0.05, 0) is 30.3 Å². The van der Waals surface area contributed by atoms with E-state index in [4.69, 9.17) is 0 Å². The van der Waals surface area contributed by atoms with Crippen LogP contribution in [0.25, 0.3) is 0 Å². The predicted octanol–water partition coefficient (Wildman–Crippen LogP) is 4.26. The number of amides is 1. The van der Waals surface area contributed by atoms with Crippen molar-refractivity contribution in [2.45, 2.75) is 14.7 Å². The molecule has 0 atom stereocenters. The van der Waals surface area contributed by atoms with E-state index in [-0.39, 0.29) is 0 Å². The fraction of sp³-hybridized carbons (Fsp3) is 0. The zero-order valence-electron chi connectivity index (χ0n) is 9.20. The fourth-order valence-corrected chi connectivity index (χ4v) is 3.34. The number of carboxylic acid groups (broad SMARTS) is 1. The summed E-state index contributed by atoms with van der Waals surface area (Å²) in [7, 11) is 0. The van der Waals surface area contributed by atoms with Crippen molar-refractivity contribution in [3.8, 4) is 0 Å². The van der Waals surface area contributed by atoms with Gasteiger partial charge < -0.3 is 5.11 Å². The van der Waals surface area contributed by atoms with Crippen LogP contribution in [0.2, 0.25) is 0 Å². The van der Waals surface area contributed by atoms with Crippen LogP contribution in [-0.2, 0) is 0 Å². The lowest BCUT2D eigenvalue weighted by atomic mass is 10.2. The first-order valence-electron chi connectivity index (χ1n) is 5.30. The first-order valence-corrected chi connectivity index (χ1v) is 6.56. The van der Waals surface area contributed by atoms with Crippen LogP contribution in [0, 0.1) is 0 Å². The zero-order chi connectivity index (χ0) is 12.7. The van der Waals surface area contributed by atoms with E-state index in [2.05, 4.69) is 12.6 Å². The largest absolute Gasteiger partial charge is 0.464 e.